The summed E-state index contributed by atoms with van der Waals surface area (Å²) in [4.78, 5) is 22.7. The first-order valence-electron chi connectivity index (χ1n) is 8.65. The third kappa shape index (κ3) is 4.93. The van der Waals surface area contributed by atoms with E-state index in [4.69, 9.17) is 4.74 Å². The van der Waals surface area contributed by atoms with E-state index >= 15 is 0 Å². The molecule has 6 nitrogen and oxygen atoms in total. The van der Waals surface area contributed by atoms with Gasteiger partial charge >= 0.3 is 11.9 Å². The molecule has 154 valence electrons. The molecule has 9 heteroatoms. The van der Waals surface area contributed by atoms with Crippen molar-refractivity contribution in [3.8, 4) is 11.5 Å². The second-order valence-electron chi connectivity index (χ2n) is 6.39. The number of nitro groups is 1. The summed E-state index contributed by atoms with van der Waals surface area (Å²) in [5.74, 6) is -0.744. The predicted molar refractivity (Wildman–Crippen MR) is 104 cm³/mol. The Balaban J connectivity index is 1.84. The zero-order chi connectivity index (χ0) is 21.9. The van der Waals surface area contributed by atoms with Crippen LogP contribution in [0.1, 0.15) is 21.5 Å². The molecule has 1 amide bonds. The molecule has 0 saturated heterocycles. The number of aryl methyl sites for hydroxylation is 1. The monoisotopic (exact) mass is 416 g/mol. The average Bonchev–Trinajstić information content (AvgIpc) is 2.67. The lowest BCUT2D eigenvalue weighted by Crippen LogP contribution is -2.11. The van der Waals surface area contributed by atoms with Crippen LogP contribution in [-0.4, -0.2) is 10.8 Å². The largest absolute Gasteiger partial charge is 0.450 e. The molecular weight excluding hydrogens is 401 g/mol. The second-order valence-corrected chi connectivity index (χ2v) is 6.39. The molecule has 3 rings (SSSR count). The molecule has 0 aliphatic rings. The molecule has 1 N–H and O–H groups in total. The third-order valence-electron chi connectivity index (χ3n) is 4.08. The highest BCUT2D eigenvalue weighted by Crippen LogP contribution is 2.37. The quantitative estimate of drug-likeness (QED) is 0.411. The van der Waals surface area contributed by atoms with Gasteiger partial charge in [-0.25, -0.2) is 0 Å². The molecule has 30 heavy (non-hydrogen) atoms. The lowest BCUT2D eigenvalue weighted by atomic mass is 10.1. The maximum atomic E-state index is 12.8. The van der Waals surface area contributed by atoms with Gasteiger partial charge in [0.2, 0.25) is 5.75 Å². The Hall–Kier alpha value is -3.88. The summed E-state index contributed by atoms with van der Waals surface area (Å²) in [6.07, 6.45) is -4.73. The molecule has 0 fully saturated rings. The van der Waals surface area contributed by atoms with Crippen molar-refractivity contribution >= 4 is 17.3 Å². The Labute approximate surface area is 169 Å². The number of benzene rings is 3. The molecule has 0 spiro atoms. The van der Waals surface area contributed by atoms with E-state index in [0.717, 1.165) is 11.6 Å². The predicted octanol–water partition coefficient (Wildman–Crippen LogP) is 5.97. The average molecular weight is 416 g/mol. The van der Waals surface area contributed by atoms with Crippen LogP contribution in [0, 0.1) is 17.0 Å². The summed E-state index contributed by atoms with van der Waals surface area (Å²) in [6.45, 7) is 1.88. The highest BCUT2D eigenvalue weighted by molar-refractivity contribution is 6.04. The number of ether oxygens (including phenoxy) is 1. The number of anilines is 1. The third-order valence-corrected chi connectivity index (χ3v) is 4.08. The Morgan fingerprint density at radius 2 is 1.77 bits per heavy atom. The number of nitrogens with zero attached hydrogens (tertiary/aromatic N) is 1. The van der Waals surface area contributed by atoms with Crippen LogP contribution in [0.15, 0.2) is 66.7 Å². The van der Waals surface area contributed by atoms with Gasteiger partial charge in [0.1, 0.15) is 5.75 Å². The van der Waals surface area contributed by atoms with Crippen LogP contribution in [0.2, 0.25) is 0 Å². The van der Waals surface area contributed by atoms with Crippen LogP contribution in [0.4, 0.5) is 24.5 Å². The first kappa shape index (κ1) is 20.8. The van der Waals surface area contributed by atoms with Crippen molar-refractivity contribution in [3.63, 3.8) is 0 Å². The van der Waals surface area contributed by atoms with Gasteiger partial charge < -0.3 is 10.1 Å². The van der Waals surface area contributed by atoms with Crippen LogP contribution in [-0.2, 0) is 6.18 Å². The zero-order valence-corrected chi connectivity index (χ0v) is 15.6. The van der Waals surface area contributed by atoms with Crippen molar-refractivity contribution in [1.29, 1.82) is 0 Å². The van der Waals surface area contributed by atoms with Crippen molar-refractivity contribution in [2.24, 2.45) is 0 Å². The van der Waals surface area contributed by atoms with Crippen LogP contribution in [0.5, 0.6) is 11.5 Å². The first-order valence-corrected chi connectivity index (χ1v) is 8.65. The second kappa shape index (κ2) is 8.24. The molecule has 0 saturated carbocycles. The Bertz CT molecular complexity index is 1110. The van der Waals surface area contributed by atoms with E-state index in [0.29, 0.717) is 17.8 Å². The Kier molecular flexibility index (Phi) is 5.72. The van der Waals surface area contributed by atoms with Gasteiger partial charge in [-0.2, -0.15) is 13.2 Å². The normalized spacial score (nSPS) is 11.1. The molecule has 0 atom stereocenters. The summed E-state index contributed by atoms with van der Waals surface area (Å²) in [6, 6.07) is 14.9. The number of alkyl halides is 3. The van der Waals surface area contributed by atoms with Gasteiger partial charge in [0.05, 0.1) is 10.5 Å². The fourth-order valence-corrected chi connectivity index (χ4v) is 2.68. The molecule has 0 unspecified atom stereocenters. The van der Waals surface area contributed by atoms with Crippen molar-refractivity contribution in [3.05, 3.63) is 93.5 Å². The highest BCUT2D eigenvalue weighted by Gasteiger charge is 2.33. The molecule has 0 aliphatic heterocycles. The summed E-state index contributed by atoms with van der Waals surface area (Å²) in [7, 11) is 0. The maximum Gasteiger partial charge on any atom is 0.416 e. The zero-order valence-electron chi connectivity index (χ0n) is 15.6. The van der Waals surface area contributed by atoms with Crippen LogP contribution < -0.4 is 10.1 Å². The van der Waals surface area contributed by atoms with Crippen molar-refractivity contribution in [2.75, 3.05) is 5.32 Å². The SMILES string of the molecule is Cc1cccc(NC(=O)c2cccc(Oc3ccc(C(F)(F)F)cc3[N+](=O)[O-])c2)c1. The molecule has 0 heterocycles. The van der Waals surface area contributed by atoms with Gasteiger partial charge in [0.25, 0.3) is 5.91 Å². The van der Waals surface area contributed by atoms with E-state index in [-0.39, 0.29) is 17.1 Å². The smallest absolute Gasteiger partial charge is 0.416 e. The van der Waals surface area contributed by atoms with E-state index in [1.54, 1.807) is 18.2 Å². The van der Waals surface area contributed by atoms with Gasteiger partial charge in [0.15, 0.2) is 0 Å². The van der Waals surface area contributed by atoms with E-state index in [1.165, 1.54) is 24.3 Å². The van der Waals surface area contributed by atoms with Gasteiger partial charge in [-0.1, -0.05) is 18.2 Å². The maximum absolute atomic E-state index is 12.8. The lowest BCUT2D eigenvalue weighted by Gasteiger charge is -2.11. The number of carbonyl (C=O) groups is 1. The van der Waals surface area contributed by atoms with Crippen molar-refractivity contribution < 1.29 is 27.6 Å². The number of halogens is 3. The van der Waals surface area contributed by atoms with E-state index < -0.39 is 28.3 Å². The number of hydrogen-bond donors (Lipinski definition) is 1. The number of carbonyl (C=O) groups excluding carboxylic acids is 1. The van der Waals surface area contributed by atoms with Crippen molar-refractivity contribution in [1.82, 2.24) is 0 Å². The molecular formula is C21H15F3N2O4. The number of rotatable bonds is 5. The summed E-state index contributed by atoms with van der Waals surface area (Å²) >= 11 is 0. The Morgan fingerprint density at radius 1 is 1.03 bits per heavy atom. The van der Waals surface area contributed by atoms with E-state index in [2.05, 4.69) is 5.32 Å². The minimum Gasteiger partial charge on any atom is -0.450 e. The molecule has 3 aromatic carbocycles. The fraction of sp³-hybridized carbons (Fsp3) is 0.0952. The molecule has 0 radical (unpaired) electrons. The van der Waals surface area contributed by atoms with Crippen LogP contribution in [0.3, 0.4) is 0 Å². The van der Waals surface area contributed by atoms with Crippen molar-refractivity contribution in [2.45, 2.75) is 13.1 Å². The summed E-state index contributed by atoms with van der Waals surface area (Å²) in [5.41, 5.74) is -0.236. The Morgan fingerprint density at radius 3 is 2.43 bits per heavy atom. The topological polar surface area (TPSA) is 81.5 Å². The number of amides is 1. The minimum atomic E-state index is -4.73. The fourth-order valence-electron chi connectivity index (χ4n) is 2.68. The number of nitro benzene ring substituents is 1. The molecule has 3 aromatic rings. The summed E-state index contributed by atoms with van der Waals surface area (Å²) in [5, 5.41) is 13.9. The standard InChI is InChI=1S/C21H15F3N2O4/c1-13-4-2-6-16(10-13)25-20(27)14-5-3-7-17(11-14)30-19-9-8-15(21(22,23)24)12-18(19)26(28)29/h2-12H,1H3,(H,25,27). The molecule has 0 bridgehead atoms. The van der Waals surface area contributed by atoms with Gasteiger partial charge in [-0.05, 0) is 55.0 Å². The van der Waals surface area contributed by atoms with Gasteiger partial charge in [-0.15, -0.1) is 0 Å². The summed E-state index contributed by atoms with van der Waals surface area (Å²) < 4.78 is 43.9. The van der Waals surface area contributed by atoms with E-state index in [9.17, 15) is 28.1 Å². The van der Waals surface area contributed by atoms with Crippen LogP contribution in [0.25, 0.3) is 0 Å². The number of nitrogens with one attached hydrogen (secondary N) is 1. The number of hydrogen-bond acceptors (Lipinski definition) is 4. The van der Waals surface area contributed by atoms with E-state index in [1.807, 2.05) is 13.0 Å². The lowest BCUT2D eigenvalue weighted by molar-refractivity contribution is -0.385. The highest BCUT2D eigenvalue weighted by atomic mass is 19.4. The molecule has 0 aromatic heterocycles. The molecule has 0 aliphatic carbocycles. The first-order chi connectivity index (χ1) is 14.1. The van der Waals surface area contributed by atoms with Gasteiger partial charge in [-0.3, -0.25) is 14.9 Å². The minimum absolute atomic E-state index is 0.0646. The van der Waals surface area contributed by atoms with Gasteiger partial charge in [0, 0.05) is 17.3 Å². The van der Waals surface area contributed by atoms with Crippen LogP contribution >= 0.6 is 0 Å².